The number of benzene rings is 1. The van der Waals surface area contributed by atoms with Crippen molar-refractivity contribution in [2.24, 2.45) is 11.3 Å². The summed E-state index contributed by atoms with van der Waals surface area (Å²) in [5.41, 5.74) is 0.791. The van der Waals surface area contributed by atoms with Crippen LogP contribution >= 0.6 is 11.3 Å². The molecule has 27 heavy (non-hydrogen) atoms. The Morgan fingerprint density at radius 1 is 1.15 bits per heavy atom. The third-order valence-electron chi connectivity index (χ3n) is 4.69. The maximum absolute atomic E-state index is 12.5. The van der Waals surface area contributed by atoms with Crippen molar-refractivity contribution in [2.45, 2.75) is 40.0 Å². The van der Waals surface area contributed by atoms with Crippen molar-refractivity contribution in [1.29, 1.82) is 0 Å². The number of aromatic nitrogens is 2. The van der Waals surface area contributed by atoms with E-state index in [2.05, 4.69) is 15.5 Å². The molecule has 0 aliphatic carbocycles. The number of nitrogens with zero attached hydrogens (tertiary/aromatic N) is 3. The fourth-order valence-electron chi connectivity index (χ4n) is 3.17. The van der Waals surface area contributed by atoms with Crippen LogP contribution in [-0.4, -0.2) is 40.0 Å². The van der Waals surface area contributed by atoms with Crippen LogP contribution in [0.25, 0.3) is 0 Å². The van der Waals surface area contributed by atoms with Crippen LogP contribution in [0.15, 0.2) is 30.3 Å². The summed E-state index contributed by atoms with van der Waals surface area (Å²) in [5, 5.41) is 12.6. The average molecular weight is 387 g/mol. The third kappa shape index (κ3) is 5.13. The van der Waals surface area contributed by atoms with Crippen molar-refractivity contribution < 1.29 is 9.59 Å². The summed E-state index contributed by atoms with van der Waals surface area (Å²) in [6.07, 6.45) is 2.08. The number of nitrogens with one attached hydrogen (secondary N) is 1. The highest BCUT2D eigenvalue weighted by Crippen LogP contribution is 2.25. The van der Waals surface area contributed by atoms with E-state index in [0.717, 1.165) is 5.01 Å². The van der Waals surface area contributed by atoms with Gasteiger partial charge in [-0.2, -0.15) is 0 Å². The van der Waals surface area contributed by atoms with Gasteiger partial charge in [0.25, 0.3) is 0 Å². The number of piperidine rings is 1. The fraction of sp³-hybridized carbons (Fsp3) is 0.500. The second-order valence-electron chi connectivity index (χ2n) is 7.97. The van der Waals surface area contributed by atoms with Gasteiger partial charge >= 0.3 is 0 Å². The van der Waals surface area contributed by atoms with Crippen molar-refractivity contribution in [1.82, 2.24) is 15.1 Å². The Morgan fingerprint density at radius 3 is 2.44 bits per heavy atom. The maximum atomic E-state index is 12.5. The van der Waals surface area contributed by atoms with Gasteiger partial charge in [0.15, 0.2) is 0 Å². The zero-order chi connectivity index (χ0) is 19.4. The second-order valence-corrected chi connectivity index (χ2v) is 9.03. The average Bonchev–Trinajstić information content (AvgIpc) is 3.08. The Kier molecular flexibility index (Phi) is 5.89. The predicted molar refractivity (Wildman–Crippen MR) is 107 cm³/mol. The summed E-state index contributed by atoms with van der Waals surface area (Å²) in [6, 6.07) is 10.1. The number of hydrogen-bond acceptors (Lipinski definition) is 5. The monoisotopic (exact) mass is 386 g/mol. The molecule has 7 heteroatoms. The highest BCUT2D eigenvalue weighted by molar-refractivity contribution is 7.15. The van der Waals surface area contributed by atoms with Gasteiger partial charge < -0.3 is 10.2 Å². The molecule has 6 nitrogen and oxygen atoms in total. The molecule has 0 unspecified atom stereocenters. The van der Waals surface area contributed by atoms with Crippen LogP contribution in [0.5, 0.6) is 0 Å². The molecule has 2 aromatic rings. The van der Waals surface area contributed by atoms with E-state index in [1.807, 2.05) is 56.0 Å². The van der Waals surface area contributed by atoms with E-state index in [0.29, 0.717) is 37.5 Å². The Bertz CT molecular complexity index is 790. The molecule has 1 saturated heterocycles. The lowest BCUT2D eigenvalue weighted by atomic mass is 9.91. The smallest absolute Gasteiger partial charge is 0.229 e. The highest BCUT2D eigenvalue weighted by atomic mass is 32.1. The molecule has 1 aliphatic rings. The molecule has 1 aromatic carbocycles. The molecule has 2 heterocycles. The fourth-order valence-corrected chi connectivity index (χ4v) is 3.95. The molecular weight excluding hydrogens is 360 g/mol. The maximum Gasteiger partial charge on any atom is 0.229 e. The molecule has 1 N–H and O–H groups in total. The highest BCUT2D eigenvalue weighted by Gasteiger charge is 2.32. The molecule has 0 saturated carbocycles. The molecule has 144 valence electrons. The van der Waals surface area contributed by atoms with Gasteiger partial charge in [-0.25, -0.2) is 0 Å². The lowest BCUT2D eigenvalue weighted by Gasteiger charge is -2.35. The summed E-state index contributed by atoms with van der Waals surface area (Å²) < 4.78 is 0. The summed E-state index contributed by atoms with van der Waals surface area (Å²) in [4.78, 5) is 26.7. The van der Waals surface area contributed by atoms with E-state index in [1.54, 1.807) is 0 Å². The van der Waals surface area contributed by atoms with Crippen LogP contribution in [0, 0.1) is 11.3 Å². The van der Waals surface area contributed by atoms with E-state index in [4.69, 9.17) is 0 Å². The van der Waals surface area contributed by atoms with Crippen LogP contribution in [0.4, 0.5) is 5.13 Å². The quantitative estimate of drug-likeness (QED) is 0.874. The van der Waals surface area contributed by atoms with Crippen LogP contribution < -0.4 is 5.32 Å². The minimum Gasteiger partial charge on any atom is -0.342 e. The Labute approximate surface area is 164 Å². The van der Waals surface area contributed by atoms with Gasteiger partial charge in [0, 0.05) is 30.8 Å². The van der Waals surface area contributed by atoms with Crippen LogP contribution in [0.3, 0.4) is 0 Å². The lowest BCUT2D eigenvalue weighted by molar-refractivity contribution is -0.142. The van der Waals surface area contributed by atoms with E-state index in [9.17, 15) is 9.59 Å². The first-order chi connectivity index (χ1) is 12.8. The topological polar surface area (TPSA) is 75.2 Å². The van der Waals surface area contributed by atoms with E-state index in [-0.39, 0.29) is 23.1 Å². The van der Waals surface area contributed by atoms with Gasteiger partial charge in [0.2, 0.25) is 16.9 Å². The van der Waals surface area contributed by atoms with E-state index < -0.39 is 0 Å². The Balaban J connectivity index is 1.51. The number of hydrogen-bond donors (Lipinski definition) is 1. The molecule has 2 amide bonds. The van der Waals surface area contributed by atoms with Gasteiger partial charge in [0.1, 0.15) is 5.01 Å². The zero-order valence-corrected chi connectivity index (χ0v) is 16.9. The van der Waals surface area contributed by atoms with Gasteiger partial charge in [-0.1, -0.05) is 62.4 Å². The summed E-state index contributed by atoms with van der Waals surface area (Å²) >= 11 is 1.41. The number of carbonyl (C=O) groups excluding carboxylic acids is 2. The first kappa shape index (κ1) is 19.5. The van der Waals surface area contributed by atoms with Gasteiger partial charge in [-0.05, 0) is 18.4 Å². The molecule has 1 aromatic heterocycles. The molecule has 3 rings (SSSR count). The molecule has 1 aliphatic heterocycles. The summed E-state index contributed by atoms with van der Waals surface area (Å²) in [6.45, 7) is 7.04. The number of carbonyl (C=O) groups is 2. The summed E-state index contributed by atoms with van der Waals surface area (Å²) in [5.74, 6) is 0.0341. The number of rotatable bonds is 4. The lowest BCUT2D eigenvalue weighted by Crippen LogP contribution is -2.45. The minimum absolute atomic E-state index is 0.0275. The third-order valence-corrected chi connectivity index (χ3v) is 5.53. The molecule has 0 bridgehead atoms. The molecule has 0 atom stereocenters. The SMILES string of the molecule is CC(C)(C)C(=O)N1CCC(C(=O)Nc2nnc(Cc3ccccc3)s2)CC1. The van der Waals surface area contributed by atoms with Crippen molar-refractivity contribution in [3.8, 4) is 0 Å². The molecular formula is C20H26N4O2S. The Morgan fingerprint density at radius 2 is 1.81 bits per heavy atom. The van der Waals surface area contributed by atoms with Crippen LogP contribution in [0.2, 0.25) is 0 Å². The predicted octanol–water partition coefficient (Wildman–Crippen LogP) is 3.35. The van der Waals surface area contributed by atoms with Crippen molar-refractivity contribution in [3.05, 3.63) is 40.9 Å². The first-order valence-electron chi connectivity index (χ1n) is 9.29. The van der Waals surface area contributed by atoms with Gasteiger partial charge in [-0.3, -0.25) is 9.59 Å². The van der Waals surface area contributed by atoms with Crippen molar-refractivity contribution in [3.63, 3.8) is 0 Å². The number of amides is 2. The molecule has 0 radical (unpaired) electrons. The van der Waals surface area contributed by atoms with Crippen molar-refractivity contribution in [2.75, 3.05) is 18.4 Å². The van der Waals surface area contributed by atoms with Gasteiger partial charge in [0.05, 0.1) is 0 Å². The van der Waals surface area contributed by atoms with Crippen LogP contribution in [0.1, 0.15) is 44.2 Å². The second kappa shape index (κ2) is 8.17. The first-order valence-corrected chi connectivity index (χ1v) is 10.1. The van der Waals surface area contributed by atoms with E-state index >= 15 is 0 Å². The minimum atomic E-state index is -0.378. The standard InChI is InChI=1S/C20H26N4O2S/c1-20(2,3)18(26)24-11-9-15(10-12-24)17(25)21-19-23-22-16(27-19)13-14-7-5-4-6-8-14/h4-8,15H,9-13H2,1-3H3,(H,21,23,25). The van der Waals surface area contributed by atoms with E-state index in [1.165, 1.54) is 16.9 Å². The number of anilines is 1. The van der Waals surface area contributed by atoms with Crippen LogP contribution in [-0.2, 0) is 16.0 Å². The zero-order valence-electron chi connectivity index (χ0n) is 16.1. The normalized spacial score (nSPS) is 15.6. The van der Waals surface area contributed by atoms with Gasteiger partial charge in [-0.15, -0.1) is 10.2 Å². The Hall–Kier alpha value is -2.28. The largest absolute Gasteiger partial charge is 0.342 e. The van der Waals surface area contributed by atoms with Crippen molar-refractivity contribution >= 4 is 28.3 Å². The molecule has 0 spiro atoms. The number of likely N-dealkylation sites (tertiary alicyclic amines) is 1. The summed E-state index contributed by atoms with van der Waals surface area (Å²) in [7, 11) is 0. The molecule has 1 fully saturated rings.